The van der Waals surface area contributed by atoms with Crippen LogP contribution >= 0.6 is 0 Å². The van der Waals surface area contributed by atoms with E-state index in [1.165, 1.54) is 24.3 Å². The molecule has 0 spiro atoms. The van der Waals surface area contributed by atoms with Crippen LogP contribution in [0.2, 0.25) is 0 Å². The Labute approximate surface area is 109 Å². The van der Waals surface area contributed by atoms with Gasteiger partial charge in [0, 0.05) is 17.5 Å². The van der Waals surface area contributed by atoms with Gasteiger partial charge in [-0.3, -0.25) is 10.1 Å². The Hall–Kier alpha value is -3.23. The number of nitrogens with one attached hydrogen (secondary N) is 1. The fraction of sp³-hybridized carbons (Fsp3) is 0. The molecule has 20 heavy (non-hydrogen) atoms. The second-order valence-electron chi connectivity index (χ2n) is 4.05. The quantitative estimate of drug-likeness (QED) is 0.524. The van der Waals surface area contributed by atoms with Gasteiger partial charge >= 0.3 is 11.7 Å². The number of benzene rings is 1. The summed E-state index contributed by atoms with van der Waals surface area (Å²) in [5.41, 5.74) is -0.525. The minimum Gasteiger partial charge on any atom is -0.476 e. The number of rotatable bonds is 2. The number of carboxylic acids is 1. The van der Waals surface area contributed by atoms with Gasteiger partial charge in [-0.25, -0.2) is 9.59 Å². The van der Waals surface area contributed by atoms with Gasteiger partial charge in [-0.1, -0.05) is 0 Å². The molecule has 2 aromatic heterocycles. The number of aromatic carboxylic acids is 1. The van der Waals surface area contributed by atoms with E-state index < -0.39 is 16.6 Å². The first-order valence-corrected chi connectivity index (χ1v) is 5.41. The van der Waals surface area contributed by atoms with Crippen LogP contribution in [0.4, 0.5) is 5.69 Å². The largest absolute Gasteiger partial charge is 0.476 e. The summed E-state index contributed by atoms with van der Waals surface area (Å²) < 4.78 is 0.871. The predicted octanol–water partition coefficient (Wildman–Crippen LogP) is 0.782. The molecule has 2 heterocycles. The molecule has 0 saturated heterocycles. The highest BCUT2D eigenvalue weighted by Gasteiger charge is 2.15. The van der Waals surface area contributed by atoms with Crippen LogP contribution in [-0.4, -0.2) is 30.6 Å². The number of nitro groups is 1. The highest BCUT2D eigenvalue weighted by Crippen LogP contribution is 2.22. The van der Waals surface area contributed by atoms with Crippen LogP contribution in [0.1, 0.15) is 10.5 Å². The number of carbonyl (C=O) groups is 1. The molecule has 0 amide bonds. The lowest BCUT2D eigenvalue weighted by molar-refractivity contribution is -0.384. The Morgan fingerprint density at radius 3 is 2.80 bits per heavy atom. The molecule has 0 aliphatic heterocycles. The molecule has 1 aromatic carbocycles. The van der Waals surface area contributed by atoms with Crippen molar-refractivity contribution in [3.8, 4) is 0 Å². The SMILES string of the molecule is O=C(O)c1cc2c3cc([N+](=O)[O-])ccc3[nH]c(=O)n2n1. The van der Waals surface area contributed by atoms with Crippen molar-refractivity contribution in [1.29, 1.82) is 0 Å². The lowest BCUT2D eigenvalue weighted by Gasteiger charge is -2.00. The summed E-state index contributed by atoms with van der Waals surface area (Å²) in [7, 11) is 0. The molecule has 0 aliphatic carbocycles. The van der Waals surface area contributed by atoms with Gasteiger partial charge in [-0.05, 0) is 12.1 Å². The topological polar surface area (TPSA) is 131 Å². The Kier molecular flexibility index (Phi) is 2.30. The summed E-state index contributed by atoms with van der Waals surface area (Å²) >= 11 is 0. The third-order valence-corrected chi connectivity index (χ3v) is 2.85. The smallest absolute Gasteiger partial charge is 0.356 e. The summed E-state index contributed by atoms with van der Waals surface area (Å²) in [5, 5.41) is 23.7. The van der Waals surface area contributed by atoms with Gasteiger partial charge in [0.1, 0.15) is 0 Å². The summed E-state index contributed by atoms with van der Waals surface area (Å²) in [4.78, 5) is 35.3. The van der Waals surface area contributed by atoms with Crippen molar-refractivity contribution in [2.75, 3.05) is 0 Å². The third kappa shape index (κ3) is 1.61. The molecule has 3 rings (SSSR count). The number of fused-ring (bicyclic) bond motifs is 3. The van der Waals surface area contributed by atoms with Crippen molar-refractivity contribution >= 4 is 28.1 Å². The molecule has 0 radical (unpaired) electrons. The van der Waals surface area contributed by atoms with E-state index >= 15 is 0 Å². The molecular weight excluding hydrogens is 268 g/mol. The fourth-order valence-corrected chi connectivity index (χ4v) is 1.97. The predicted molar refractivity (Wildman–Crippen MR) is 66.9 cm³/mol. The van der Waals surface area contributed by atoms with Crippen molar-refractivity contribution in [2.45, 2.75) is 0 Å². The van der Waals surface area contributed by atoms with Crippen molar-refractivity contribution < 1.29 is 14.8 Å². The van der Waals surface area contributed by atoms with E-state index in [-0.39, 0.29) is 16.9 Å². The second-order valence-corrected chi connectivity index (χ2v) is 4.05. The van der Waals surface area contributed by atoms with Crippen LogP contribution in [0.5, 0.6) is 0 Å². The van der Waals surface area contributed by atoms with E-state index in [1.54, 1.807) is 0 Å². The Balaban J connectivity index is 2.48. The lowest BCUT2D eigenvalue weighted by Crippen LogP contribution is -2.17. The molecule has 0 aliphatic rings. The first-order chi connectivity index (χ1) is 9.47. The summed E-state index contributed by atoms with van der Waals surface area (Å²) in [6, 6.07) is 5.10. The molecule has 0 saturated carbocycles. The summed E-state index contributed by atoms with van der Waals surface area (Å²) in [5.74, 6) is -1.29. The van der Waals surface area contributed by atoms with E-state index in [0.29, 0.717) is 10.9 Å². The Morgan fingerprint density at radius 2 is 2.15 bits per heavy atom. The first-order valence-electron chi connectivity index (χ1n) is 5.41. The van der Waals surface area contributed by atoms with E-state index in [9.17, 15) is 19.7 Å². The van der Waals surface area contributed by atoms with Gasteiger partial charge in [0.25, 0.3) is 5.69 Å². The fourth-order valence-electron chi connectivity index (χ4n) is 1.97. The molecule has 2 N–H and O–H groups in total. The van der Waals surface area contributed by atoms with Crippen LogP contribution in [0, 0.1) is 10.1 Å². The van der Waals surface area contributed by atoms with Gasteiger partial charge in [0.05, 0.1) is 16.0 Å². The van der Waals surface area contributed by atoms with Gasteiger partial charge < -0.3 is 10.1 Å². The van der Waals surface area contributed by atoms with E-state index in [0.717, 1.165) is 4.52 Å². The number of hydrogen-bond donors (Lipinski definition) is 2. The molecule has 0 atom stereocenters. The molecule has 9 nitrogen and oxygen atoms in total. The molecule has 0 fully saturated rings. The number of carboxylic acid groups (broad SMARTS) is 1. The zero-order chi connectivity index (χ0) is 14.4. The monoisotopic (exact) mass is 274 g/mol. The molecule has 9 heteroatoms. The number of nitro benzene ring substituents is 1. The zero-order valence-electron chi connectivity index (χ0n) is 9.73. The van der Waals surface area contributed by atoms with Gasteiger partial charge in [0.2, 0.25) is 0 Å². The van der Waals surface area contributed by atoms with Gasteiger partial charge in [0.15, 0.2) is 5.69 Å². The number of H-pyrrole nitrogens is 1. The Morgan fingerprint density at radius 1 is 1.40 bits per heavy atom. The maximum absolute atomic E-state index is 11.8. The third-order valence-electron chi connectivity index (χ3n) is 2.85. The summed E-state index contributed by atoms with van der Waals surface area (Å²) in [6.45, 7) is 0. The number of nitrogens with zero attached hydrogens (tertiary/aromatic N) is 3. The molecule has 0 bridgehead atoms. The van der Waals surface area contributed by atoms with E-state index in [1.807, 2.05) is 0 Å². The lowest BCUT2D eigenvalue weighted by atomic mass is 10.2. The molecular formula is C11H6N4O5. The minimum atomic E-state index is -1.29. The van der Waals surface area contributed by atoms with Crippen LogP contribution in [0.3, 0.4) is 0 Å². The summed E-state index contributed by atoms with van der Waals surface area (Å²) in [6.07, 6.45) is 0. The van der Waals surface area contributed by atoms with Crippen molar-refractivity contribution in [1.82, 2.24) is 14.6 Å². The number of non-ortho nitro benzene ring substituents is 1. The maximum Gasteiger partial charge on any atom is 0.356 e. The van der Waals surface area contributed by atoms with Crippen LogP contribution < -0.4 is 5.69 Å². The van der Waals surface area contributed by atoms with Crippen LogP contribution in [-0.2, 0) is 0 Å². The number of aromatic amines is 1. The van der Waals surface area contributed by atoms with Crippen molar-refractivity contribution in [3.05, 3.63) is 50.6 Å². The molecule has 100 valence electrons. The maximum atomic E-state index is 11.8. The average molecular weight is 274 g/mol. The number of aromatic nitrogens is 3. The van der Waals surface area contributed by atoms with Gasteiger partial charge in [-0.15, -0.1) is 0 Å². The average Bonchev–Trinajstić information content (AvgIpc) is 2.84. The Bertz CT molecular complexity index is 939. The van der Waals surface area contributed by atoms with Crippen LogP contribution in [0.15, 0.2) is 29.1 Å². The highest BCUT2D eigenvalue weighted by atomic mass is 16.6. The normalized spacial score (nSPS) is 11.0. The standard InChI is InChI=1S/C11H6N4O5/c16-10(17)8-4-9-6-3-5(15(19)20)1-2-7(6)12-11(18)14(9)13-8/h1-4H,(H,12,18)(H,16,17). The first kappa shape index (κ1) is 11.8. The van der Waals surface area contributed by atoms with E-state index in [4.69, 9.17) is 5.11 Å². The highest BCUT2D eigenvalue weighted by molar-refractivity contribution is 5.97. The molecule has 3 aromatic rings. The number of hydrogen-bond acceptors (Lipinski definition) is 5. The van der Waals surface area contributed by atoms with E-state index in [2.05, 4.69) is 10.1 Å². The van der Waals surface area contributed by atoms with Crippen LogP contribution in [0.25, 0.3) is 16.4 Å². The second kappa shape index (κ2) is 3.88. The zero-order valence-corrected chi connectivity index (χ0v) is 9.73. The molecule has 0 unspecified atom stereocenters. The van der Waals surface area contributed by atoms with Gasteiger partial charge in [-0.2, -0.15) is 9.61 Å². The minimum absolute atomic E-state index is 0.162. The van der Waals surface area contributed by atoms with Crippen molar-refractivity contribution in [2.24, 2.45) is 0 Å². The van der Waals surface area contributed by atoms with Crippen molar-refractivity contribution in [3.63, 3.8) is 0 Å².